The molecule has 1 amide bonds. The molecule has 1 aromatic rings. The molecule has 21 heavy (non-hydrogen) atoms. The first-order valence-corrected chi connectivity index (χ1v) is 6.41. The van der Waals surface area contributed by atoms with Crippen LogP contribution in [0, 0.1) is 0 Å². The Bertz CT molecular complexity index is 456. The lowest BCUT2D eigenvalue weighted by atomic mass is 10.0. The van der Waals surface area contributed by atoms with Gasteiger partial charge >= 0.3 is 0 Å². The molecule has 0 bridgehead atoms. The number of carbonyl (C=O) groups excluding carboxylic acids is 1. The zero-order valence-corrected chi connectivity index (χ0v) is 12.9. The summed E-state index contributed by atoms with van der Waals surface area (Å²) in [5, 5.41) is 2.09. The van der Waals surface area contributed by atoms with Crippen molar-refractivity contribution >= 4 is 18.3 Å². The topological polar surface area (TPSA) is 64.3 Å². The molecule has 4 nitrogen and oxygen atoms in total. The summed E-state index contributed by atoms with van der Waals surface area (Å²) >= 11 is 0. The highest BCUT2D eigenvalue weighted by Crippen LogP contribution is 2.19. The fourth-order valence-electron chi connectivity index (χ4n) is 1.46. The Labute approximate surface area is 129 Å². The van der Waals surface area contributed by atoms with Gasteiger partial charge in [0.05, 0.1) is 13.1 Å². The largest absolute Gasteiger partial charge is 0.484 e. The number of carbonyl (C=O) groups is 1. The SMILES string of the molecule is CC(C)c1cccc(OCC(=O)NCC(F)(F)CN)c1.Cl. The van der Waals surface area contributed by atoms with Crippen molar-refractivity contribution in [2.24, 2.45) is 5.73 Å². The number of rotatable bonds is 7. The number of amides is 1. The fourth-order valence-corrected chi connectivity index (χ4v) is 1.46. The maximum absolute atomic E-state index is 12.8. The molecule has 0 heterocycles. The van der Waals surface area contributed by atoms with Crippen molar-refractivity contribution in [3.8, 4) is 5.75 Å². The van der Waals surface area contributed by atoms with Gasteiger partial charge in [0.1, 0.15) is 5.75 Å². The second-order valence-corrected chi connectivity index (χ2v) is 4.85. The highest BCUT2D eigenvalue weighted by Gasteiger charge is 2.27. The molecular weight excluding hydrogens is 302 g/mol. The number of alkyl halides is 2. The van der Waals surface area contributed by atoms with Gasteiger partial charge in [0.2, 0.25) is 0 Å². The summed E-state index contributed by atoms with van der Waals surface area (Å²) in [6.45, 7) is 2.20. The smallest absolute Gasteiger partial charge is 0.277 e. The monoisotopic (exact) mass is 322 g/mol. The molecule has 0 saturated carbocycles. The standard InChI is InChI=1S/C14H20F2N2O2.ClH/c1-10(2)11-4-3-5-12(6-11)20-7-13(19)18-9-14(15,16)8-17;/h3-6,10H,7-9,17H2,1-2H3,(H,18,19);1H. The molecule has 0 fully saturated rings. The van der Waals surface area contributed by atoms with Crippen LogP contribution in [0.25, 0.3) is 0 Å². The van der Waals surface area contributed by atoms with Crippen molar-refractivity contribution in [2.45, 2.75) is 25.7 Å². The normalized spacial score (nSPS) is 11.0. The van der Waals surface area contributed by atoms with Crippen LogP contribution in [0.3, 0.4) is 0 Å². The highest BCUT2D eigenvalue weighted by molar-refractivity contribution is 5.85. The Balaban J connectivity index is 0.00000400. The van der Waals surface area contributed by atoms with E-state index in [1.165, 1.54) is 0 Å². The minimum absolute atomic E-state index is 0. The van der Waals surface area contributed by atoms with Gasteiger partial charge in [-0.25, -0.2) is 8.78 Å². The van der Waals surface area contributed by atoms with Gasteiger partial charge in [0.25, 0.3) is 11.8 Å². The molecule has 0 atom stereocenters. The van der Waals surface area contributed by atoms with E-state index in [-0.39, 0.29) is 19.0 Å². The van der Waals surface area contributed by atoms with Crippen LogP contribution in [0.4, 0.5) is 8.78 Å². The molecule has 120 valence electrons. The van der Waals surface area contributed by atoms with Crippen LogP contribution in [0.1, 0.15) is 25.3 Å². The Morgan fingerprint density at radius 2 is 2.10 bits per heavy atom. The summed E-state index contributed by atoms with van der Waals surface area (Å²) in [5.74, 6) is -2.81. The Morgan fingerprint density at radius 1 is 1.43 bits per heavy atom. The highest BCUT2D eigenvalue weighted by atomic mass is 35.5. The molecule has 1 aromatic carbocycles. The predicted octanol–water partition coefficient (Wildman–Crippen LogP) is 2.32. The van der Waals surface area contributed by atoms with Gasteiger partial charge in [-0.2, -0.15) is 0 Å². The van der Waals surface area contributed by atoms with Crippen molar-refractivity contribution in [3.05, 3.63) is 29.8 Å². The van der Waals surface area contributed by atoms with Crippen LogP contribution >= 0.6 is 12.4 Å². The maximum Gasteiger partial charge on any atom is 0.277 e. The molecule has 0 saturated heterocycles. The van der Waals surface area contributed by atoms with Gasteiger partial charge in [-0.3, -0.25) is 4.79 Å². The number of halogens is 3. The lowest BCUT2D eigenvalue weighted by Crippen LogP contribution is -2.43. The molecule has 1 rings (SSSR count). The molecule has 0 aliphatic heterocycles. The molecule has 0 aliphatic carbocycles. The molecule has 0 aliphatic rings. The fraction of sp³-hybridized carbons (Fsp3) is 0.500. The Kier molecular flexibility index (Phi) is 8.21. The lowest BCUT2D eigenvalue weighted by Gasteiger charge is -2.15. The van der Waals surface area contributed by atoms with Crippen LogP contribution in [-0.4, -0.2) is 31.5 Å². The molecule has 3 N–H and O–H groups in total. The summed E-state index contributed by atoms with van der Waals surface area (Å²) in [5.41, 5.74) is 5.95. The van der Waals surface area contributed by atoms with Crippen LogP contribution in [0.15, 0.2) is 24.3 Å². The number of benzene rings is 1. The van der Waals surface area contributed by atoms with Crippen molar-refractivity contribution in [3.63, 3.8) is 0 Å². The van der Waals surface area contributed by atoms with E-state index in [9.17, 15) is 13.6 Å². The van der Waals surface area contributed by atoms with Gasteiger partial charge in [-0.05, 0) is 23.6 Å². The minimum atomic E-state index is -3.09. The lowest BCUT2D eigenvalue weighted by molar-refractivity contribution is -0.124. The average Bonchev–Trinajstić information content (AvgIpc) is 2.43. The van der Waals surface area contributed by atoms with Crippen molar-refractivity contribution in [2.75, 3.05) is 19.7 Å². The molecular formula is C14H21ClF2N2O2. The summed E-state index contributed by atoms with van der Waals surface area (Å²) in [6, 6.07) is 7.32. The molecule has 0 spiro atoms. The van der Waals surface area contributed by atoms with E-state index < -0.39 is 24.9 Å². The maximum atomic E-state index is 12.8. The Hall–Kier alpha value is -1.40. The first kappa shape index (κ1) is 19.6. The van der Waals surface area contributed by atoms with E-state index in [0.29, 0.717) is 11.7 Å². The quantitative estimate of drug-likeness (QED) is 0.809. The van der Waals surface area contributed by atoms with Crippen LogP contribution in [-0.2, 0) is 4.79 Å². The van der Waals surface area contributed by atoms with Crippen LogP contribution in [0.5, 0.6) is 5.75 Å². The minimum Gasteiger partial charge on any atom is -0.484 e. The summed E-state index contributed by atoms with van der Waals surface area (Å²) in [6.07, 6.45) is 0. The van der Waals surface area contributed by atoms with Crippen LogP contribution < -0.4 is 15.8 Å². The van der Waals surface area contributed by atoms with Crippen LogP contribution in [0.2, 0.25) is 0 Å². The van der Waals surface area contributed by atoms with E-state index >= 15 is 0 Å². The zero-order valence-electron chi connectivity index (χ0n) is 12.1. The second-order valence-electron chi connectivity index (χ2n) is 4.85. The number of hydrogen-bond donors (Lipinski definition) is 2. The van der Waals surface area contributed by atoms with E-state index in [1.54, 1.807) is 6.07 Å². The second kappa shape index (κ2) is 8.79. The zero-order chi connectivity index (χ0) is 15.2. The number of ether oxygens (including phenoxy) is 1. The first-order valence-electron chi connectivity index (χ1n) is 6.41. The van der Waals surface area contributed by atoms with Gasteiger partial charge in [-0.15, -0.1) is 12.4 Å². The molecule has 0 radical (unpaired) electrons. The molecule has 0 unspecified atom stereocenters. The Morgan fingerprint density at radius 3 is 2.67 bits per heavy atom. The first-order chi connectivity index (χ1) is 9.34. The van der Waals surface area contributed by atoms with Gasteiger partial charge in [-0.1, -0.05) is 26.0 Å². The van der Waals surface area contributed by atoms with E-state index in [2.05, 4.69) is 5.32 Å². The summed E-state index contributed by atoms with van der Waals surface area (Å²) < 4.78 is 30.9. The molecule has 7 heteroatoms. The third kappa shape index (κ3) is 7.24. The summed E-state index contributed by atoms with van der Waals surface area (Å²) in [7, 11) is 0. The van der Waals surface area contributed by atoms with Gasteiger partial charge < -0.3 is 15.8 Å². The van der Waals surface area contributed by atoms with E-state index in [4.69, 9.17) is 10.5 Å². The third-order valence-electron chi connectivity index (χ3n) is 2.74. The van der Waals surface area contributed by atoms with Crippen molar-refractivity contribution < 1.29 is 18.3 Å². The summed E-state index contributed by atoms with van der Waals surface area (Å²) in [4.78, 5) is 11.4. The molecule has 0 aromatic heterocycles. The van der Waals surface area contributed by atoms with Crippen molar-refractivity contribution in [1.82, 2.24) is 5.32 Å². The third-order valence-corrected chi connectivity index (χ3v) is 2.74. The number of nitrogens with two attached hydrogens (primary N) is 1. The van der Waals surface area contributed by atoms with Gasteiger partial charge in [0.15, 0.2) is 6.61 Å². The van der Waals surface area contributed by atoms with Gasteiger partial charge in [0, 0.05) is 0 Å². The number of nitrogens with one attached hydrogen (secondary N) is 1. The van der Waals surface area contributed by atoms with E-state index in [1.807, 2.05) is 32.0 Å². The number of hydrogen-bond acceptors (Lipinski definition) is 3. The average molecular weight is 323 g/mol. The predicted molar refractivity (Wildman–Crippen MR) is 80.3 cm³/mol. The van der Waals surface area contributed by atoms with Crippen molar-refractivity contribution in [1.29, 1.82) is 0 Å². The van der Waals surface area contributed by atoms with E-state index in [0.717, 1.165) is 5.56 Å².